The van der Waals surface area contributed by atoms with E-state index < -0.39 is 0 Å². The van der Waals surface area contributed by atoms with E-state index in [0.717, 1.165) is 18.1 Å². The molecule has 104 valence electrons. The molecule has 3 rings (SSSR count). The van der Waals surface area contributed by atoms with Gasteiger partial charge in [0, 0.05) is 18.8 Å². The van der Waals surface area contributed by atoms with Crippen LogP contribution in [0.25, 0.3) is 23.1 Å². The molecular formula is C15H18N4O. The Balaban J connectivity index is 2.11. The highest BCUT2D eigenvalue weighted by Crippen LogP contribution is 2.25. The van der Waals surface area contributed by atoms with E-state index >= 15 is 0 Å². The predicted molar refractivity (Wildman–Crippen MR) is 77.2 cm³/mol. The van der Waals surface area contributed by atoms with Crippen molar-refractivity contribution in [2.75, 3.05) is 0 Å². The molecule has 3 aromatic rings. The van der Waals surface area contributed by atoms with Crippen molar-refractivity contribution in [2.24, 2.45) is 0 Å². The van der Waals surface area contributed by atoms with Crippen molar-refractivity contribution in [1.29, 1.82) is 0 Å². The van der Waals surface area contributed by atoms with Gasteiger partial charge in [-0.1, -0.05) is 0 Å². The SMILES string of the molecule is CCn1nc(-c2ccco2)nc1-c1cccn1C(C)C. The van der Waals surface area contributed by atoms with E-state index in [4.69, 9.17) is 4.42 Å². The molecule has 0 fully saturated rings. The molecule has 5 nitrogen and oxygen atoms in total. The number of nitrogens with zero attached hydrogens (tertiary/aromatic N) is 4. The molecule has 0 aliphatic heterocycles. The highest BCUT2D eigenvalue weighted by molar-refractivity contribution is 5.56. The van der Waals surface area contributed by atoms with Gasteiger partial charge in [-0.2, -0.15) is 0 Å². The van der Waals surface area contributed by atoms with Gasteiger partial charge in [-0.25, -0.2) is 9.67 Å². The quantitative estimate of drug-likeness (QED) is 0.727. The third kappa shape index (κ3) is 2.05. The van der Waals surface area contributed by atoms with E-state index in [1.165, 1.54) is 0 Å². The first-order valence-corrected chi connectivity index (χ1v) is 6.86. The van der Waals surface area contributed by atoms with Crippen LogP contribution in [0.3, 0.4) is 0 Å². The average Bonchev–Trinajstić information content (AvgIpc) is 3.17. The van der Waals surface area contributed by atoms with Gasteiger partial charge in [0.2, 0.25) is 5.82 Å². The smallest absolute Gasteiger partial charge is 0.217 e. The molecule has 0 amide bonds. The van der Waals surface area contributed by atoms with Crippen LogP contribution in [0.15, 0.2) is 41.1 Å². The Labute approximate surface area is 117 Å². The van der Waals surface area contributed by atoms with Gasteiger partial charge < -0.3 is 8.98 Å². The lowest BCUT2D eigenvalue weighted by molar-refractivity contribution is 0.573. The zero-order valence-electron chi connectivity index (χ0n) is 11.9. The maximum atomic E-state index is 5.38. The van der Waals surface area contributed by atoms with Crippen LogP contribution < -0.4 is 0 Å². The normalized spacial score (nSPS) is 11.4. The molecule has 0 aliphatic carbocycles. The van der Waals surface area contributed by atoms with Crippen molar-refractivity contribution in [2.45, 2.75) is 33.4 Å². The van der Waals surface area contributed by atoms with Crippen LogP contribution in [0.5, 0.6) is 0 Å². The van der Waals surface area contributed by atoms with Crippen molar-refractivity contribution in [1.82, 2.24) is 19.3 Å². The fourth-order valence-electron chi connectivity index (χ4n) is 2.30. The molecule has 0 bridgehead atoms. The van der Waals surface area contributed by atoms with E-state index in [0.29, 0.717) is 17.6 Å². The average molecular weight is 270 g/mol. The van der Waals surface area contributed by atoms with Crippen LogP contribution in [0.1, 0.15) is 26.8 Å². The van der Waals surface area contributed by atoms with Crippen molar-refractivity contribution in [3.63, 3.8) is 0 Å². The minimum absolute atomic E-state index is 0.383. The van der Waals surface area contributed by atoms with E-state index in [-0.39, 0.29) is 0 Å². The maximum Gasteiger partial charge on any atom is 0.217 e. The summed E-state index contributed by atoms with van der Waals surface area (Å²) in [7, 11) is 0. The van der Waals surface area contributed by atoms with Crippen LogP contribution in [0.2, 0.25) is 0 Å². The van der Waals surface area contributed by atoms with E-state index in [2.05, 4.69) is 47.7 Å². The van der Waals surface area contributed by atoms with Crippen molar-refractivity contribution >= 4 is 0 Å². The third-order valence-corrected chi connectivity index (χ3v) is 3.28. The summed E-state index contributed by atoms with van der Waals surface area (Å²) in [5.41, 5.74) is 1.08. The molecule has 20 heavy (non-hydrogen) atoms. The Morgan fingerprint density at radius 2 is 2.10 bits per heavy atom. The largest absolute Gasteiger partial charge is 0.461 e. The summed E-state index contributed by atoms with van der Waals surface area (Å²) in [5.74, 6) is 2.20. The first-order valence-electron chi connectivity index (χ1n) is 6.86. The Morgan fingerprint density at radius 3 is 2.75 bits per heavy atom. The molecule has 5 heteroatoms. The van der Waals surface area contributed by atoms with E-state index in [1.54, 1.807) is 6.26 Å². The highest BCUT2D eigenvalue weighted by Gasteiger charge is 2.17. The van der Waals surface area contributed by atoms with Crippen molar-refractivity contribution < 1.29 is 4.42 Å². The van der Waals surface area contributed by atoms with Gasteiger partial charge in [0.15, 0.2) is 11.6 Å². The molecule has 0 atom stereocenters. The van der Waals surface area contributed by atoms with Crippen LogP contribution in [0, 0.1) is 0 Å². The number of rotatable bonds is 4. The number of hydrogen-bond acceptors (Lipinski definition) is 3. The minimum Gasteiger partial charge on any atom is -0.461 e. The first kappa shape index (κ1) is 12.7. The predicted octanol–water partition coefficient (Wildman–Crippen LogP) is 3.61. The molecule has 0 N–H and O–H groups in total. The van der Waals surface area contributed by atoms with Crippen LogP contribution >= 0.6 is 0 Å². The summed E-state index contributed by atoms with van der Waals surface area (Å²) < 4.78 is 9.49. The summed E-state index contributed by atoms with van der Waals surface area (Å²) in [6.07, 6.45) is 3.71. The van der Waals surface area contributed by atoms with Crippen LogP contribution in [0.4, 0.5) is 0 Å². The van der Waals surface area contributed by atoms with Gasteiger partial charge in [-0.05, 0) is 45.0 Å². The zero-order valence-corrected chi connectivity index (χ0v) is 11.9. The van der Waals surface area contributed by atoms with Crippen LogP contribution in [-0.4, -0.2) is 19.3 Å². The summed E-state index contributed by atoms with van der Waals surface area (Å²) in [6, 6.07) is 8.21. The second kappa shape index (κ2) is 5.00. The summed E-state index contributed by atoms with van der Waals surface area (Å²) in [6.45, 7) is 7.15. The number of aryl methyl sites for hydroxylation is 1. The van der Waals surface area contributed by atoms with Gasteiger partial charge in [-0.15, -0.1) is 5.10 Å². The van der Waals surface area contributed by atoms with Gasteiger partial charge in [0.1, 0.15) is 0 Å². The molecular weight excluding hydrogens is 252 g/mol. The minimum atomic E-state index is 0.383. The Kier molecular flexibility index (Phi) is 3.18. The molecule has 0 unspecified atom stereocenters. The Bertz CT molecular complexity index is 691. The van der Waals surface area contributed by atoms with Crippen molar-refractivity contribution in [3.8, 4) is 23.1 Å². The van der Waals surface area contributed by atoms with Crippen molar-refractivity contribution in [3.05, 3.63) is 36.7 Å². The fraction of sp³-hybridized carbons (Fsp3) is 0.333. The molecule has 3 heterocycles. The molecule has 0 saturated heterocycles. The summed E-state index contributed by atoms with van der Waals surface area (Å²) in [4.78, 5) is 4.65. The highest BCUT2D eigenvalue weighted by atomic mass is 16.3. The molecule has 0 aliphatic rings. The van der Waals surface area contributed by atoms with E-state index in [9.17, 15) is 0 Å². The number of aromatic nitrogens is 4. The molecule has 0 aromatic carbocycles. The van der Waals surface area contributed by atoms with Gasteiger partial charge in [0.25, 0.3) is 0 Å². The van der Waals surface area contributed by atoms with Gasteiger partial charge in [0.05, 0.1) is 12.0 Å². The monoisotopic (exact) mass is 270 g/mol. The van der Waals surface area contributed by atoms with Gasteiger partial charge in [-0.3, -0.25) is 0 Å². The maximum absolute atomic E-state index is 5.38. The molecule has 0 saturated carbocycles. The zero-order chi connectivity index (χ0) is 14.1. The number of furan rings is 1. The third-order valence-electron chi connectivity index (χ3n) is 3.28. The van der Waals surface area contributed by atoms with Gasteiger partial charge >= 0.3 is 0 Å². The lowest BCUT2D eigenvalue weighted by Crippen LogP contribution is -2.06. The lowest BCUT2D eigenvalue weighted by Gasteiger charge is -2.12. The second-order valence-corrected chi connectivity index (χ2v) is 4.95. The molecule has 0 radical (unpaired) electrons. The van der Waals surface area contributed by atoms with E-state index in [1.807, 2.05) is 22.9 Å². The topological polar surface area (TPSA) is 48.8 Å². The summed E-state index contributed by atoms with van der Waals surface area (Å²) >= 11 is 0. The second-order valence-electron chi connectivity index (χ2n) is 4.95. The fourth-order valence-corrected chi connectivity index (χ4v) is 2.30. The lowest BCUT2D eigenvalue weighted by atomic mass is 10.3. The van der Waals surface area contributed by atoms with Crippen LogP contribution in [-0.2, 0) is 6.54 Å². The summed E-state index contributed by atoms with van der Waals surface area (Å²) in [5, 5.41) is 4.53. The number of hydrogen-bond donors (Lipinski definition) is 0. The standard InChI is InChI=1S/C15H18N4O/c1-4-19-15(12-7-5-9-18(12)11(2)3)16-14(17-19)13-8-6-10-20-13/h5-11H,4H2,1-3H3. The first-order chi connectivity index (χ1) is 9.70. The Hall–Kier alpha value is -2.30. The Morgan fingerprint density at radius 1 is 1.25 bits per heavy atom. The molecule has 3 aromatic heterocycles. The molecule has 0 spiro atoms.